The van der Waals surface area contributed by atoms with Crippen molar-refractivity contribution in [3.8, 4) is 23.1 Å². The lowest BCUT2D eigenvalue weighted by Crippen LogP contribution is -2.34. The molecule has 2 unspecified atom stereocenters. The molecule has 7 nitrogen and oxygen atoms in total. The number of benzene rings is 2. The largest absolute Gasteiger partial charge is 0.476 e. The summed E-state index contributed by atoms with van der Waals surface area (Å²) in [6, 6.07) is 10.0. The van der Waals surface area contributed by atoms with Gasteiger partial charge in [0, 0.05) is 57.8 Å². The SMILES string of the molecule is Cc1cc2c(-c3c(CCC#N)cc4c(nc(OCC5CCCN5C)c5cc(C)n(C6CC[C@@H]6CN)c54)c3F)c[nH]c2cc1F. The van der Waals surface area contributed by atoms with E-state index in [1.54, 1.807) is 19.2 Å². The van der Waals surface area contributed by atoms with Crippen molar-refractivity contribution < 1.29 is 13.5 Å². The number of nitrogens with two attached hydrogens (primary N) is 1. The number of H-pyrrole nitrogens is 1. The molecule has 0 bridgehead atoms. The molecule has 2 fully saturated rings. The summed E-state index contributed by atoms with van der Waals surface area (Å²) in [6.45, 7) is 5.89. The molecule has 228 valence electrons. The number of ether oxygens (including phenoxy) is 1. The van der Waals surface area contributed by atoms with Gasteiger partial charge in [0.2, 0.25) is 5.88 Å². The van der Waals surface area contributed by atoms with E-state index in [1.165, 1.54) is 6.07 Å². The summed E-state index contributed by atoms with van der Waals surface area (Å²) in [5.74, 6) is -0.000472. The Balaban J connectivity index is 1.50. The van der Waals surface area contributed by atoms with Gasteiger partial charge < -0.3 is 24.9 Å². The van der Waals surface area contributed by atoms with Crippen molar-refractivity contribution in [1.29, 1.82) is 5.26 Å². The van der Waals surface area contributed by atoms with Crippen LogP contribution in [0.15, 0.2) is 30.5 Å². The number of aromatic nitrogens is 3. The molecule has 0 spiro atoms. The van der Waals surface area contributed by atoms with E-state index in [4.69, 9.17) is 15.5 Å². The fourth-order valence-corrected chi connectivity index (χ4v) is 7.44. The van der Waals surface area contributed by atoms with E-state index < -0.39 is 5.82 Å². The van der Waals surface area contributed by atoms with Gasteiger partial charge in [0.05, 0.1) is 17.0 Å². The highest BCUT2D eigenvalue weighted by Crippen LogP contribution is 2.46. The molecule has 44 heavy (non-hydrogen) atoms. The van der Waals surface area contributed by atoms with Gasteiger partial charge in [0.1, 0.15) is 17.9 Å². The summed E-state index contributed by atoms with van der Waals surface area (Å²) in [4.78, 5) is 10.3. The third-order valence-corrected chi connectivity index (χ3v) is 10.1. The van der Waals surface area contributed by atoms with E-state index in [0.29, 0.717) is 59.0 Å². The Morgan fingerprint density at radius 1 is 1.11 bits per heavy atom. The van der Waals surface area contributed by atoms with Crippen LogP contribution in [0, 0.1) is 42.7 Å². The molecule has 1 aliphatic carbocycles. The van der Waals surface area contributed by atoms with Crippen molar-refractivity contribution in [2.75, 3.05) is 26.7 Å². The number of pyridine rings is 1. The average molecular weight is 597 g/mol. The van der Waals surface area contributed by atoms with Gasteiger partial charge in [-0.3, -0.25) is 0 Å². The molecule has 0 amide bonds. The van der Waals surface area contributed by atoms with Crippen LogP contribution >= 0.6 is 0 Å². The minimum atomic E-state index is -0.461. The van der Waals surface area contributed by atoms with Crippen molar-refractivity contribution in [3.63, 3.8) is 0 Å². The van der Waals surface area contributed by atoms with Crippen molar-refractivity contribution in [2.24, 2.45) is 11.7 Å². The number of aryl methyl sites for hydroxylation is 3. The molecule has 4 heterocycles. The number of aromatic amines is 1. The number of nitriles is 1. The van der Waals surface area contributed by atoms with Gasteiger partial charge in [0.25, 0.3) is 0 Å². The highest BCUT2D eigenvalue weighted by atomic mass is 19.1. The topological polar surface area (TPSA) is 95.9 Å². The first-order valence-electron chi connectivity index (χ1n) is 15.6. The molecule has 2 aliphatic rings. The number of likely N-dealkylation sites (tertiary alicyclic amines) is 1. The molecular formula is C35H38F2N6O. The molecule has 1 saturated carbocycles. The summed E-state index contributed by atoms with van der Waals surface area (Å²) in [5.41, 5.74) is 11.2. The molecule has 3 aromatic heterocycles. The second-order valence-electron chi connectivity index (χ2n) is 12.7. The maximum absolute atomic E-state index is 17.2. The van der Waals surface area contributed by atoms with Gasteiger partial charge in [0.15, 0.2) is 5.82 Å². The molecular weight excluding hydrogens is 558 g/mol. The fraction of sp³-hybridized carbons (Fsp3) is 0.429. The number of hydrogen-bond acceptors (Lipinski definition) is 5. The third kappa shape index (κ3) is 4.54. The Hall–Kier alpha value is -4.00. The minimum Gasteiger partial charge on any atom is -0.476 e. The summed E-state index contributed by atoms with van der Waals surface area (Å²) >= 11 is 0. The van der Waals surface area contributed by atoms with Crippen LogP contribution < -0.4 is 10.5 Å². The second-order valence-corrected chi connectivity index (χ2v) is 12.7. The van der Waals surface area contributed by atoms with E-state index in [9.17, 15) is 9.65 Å². The van der Waals surface area contributed by atoms with E-state index in [-0.39, 0.29) is 29.8 Å². The van der Waals surface area contributed by atoms with Crippen molar-refractivity contribution in [2.45, 2.75) is 64.5 Å². The van der Waals surface area contributed by atoms with Gasteiger partial charge >= 0.3 is 0 Å². The highest BCUT2D eigenvalue weighted by Gasteiger charge is 2.34. The predicted molar refractivity (Wildman–Crippen MR) is 170 cm³/mol. The van der Waals surface area contributed by atoms with Crippen LogP contribution in [-0.4, -0.2) is 52.2 Å². The first kappa shape index (κ1) is 28.8. The van der Waals surface area contributed by atoms with Crippen LogP contribution in [0.4, 0.5) is 8.78 Å². The van der Waals surface area contributed by atoms with Crippen molar-refractivity contribution in [3.05, 3.63) is 58.9 Å². The smallest absolute Gasteiger partial charge is 0.223 e. The maximum atomic E-state index is 17.2. The number of hydrogen-bond donors (Lipinski definition) is 2. The van der Waals surface area contributed by atoms with E-state index in [1.807, 2.05) is 6.07 Å². The standard InChI is InChI=1S/C35H38F2N6O/c1-19-12-24-27(17-40-29(24)15-28(19)36)31-21(6-4-10-38)14-25-33(32(31)37)41-35(44-18-23-7-5-11-42(23)3)26-13-20(2)43(34(25)26)30-9-8-22(30)16-39/h12-15,17,22-23,30,40H,4-9,11,16,18,39H2,1-3H3/t22-,23?,30?/m1/s1. The lowest BCUT2D eigenvalue weighted by molar-refractivity contribution is 0.191. The Bertz CT molecular complexity index is 1950. The van der Waals surface area contributed by atoms with Crippen LogP contribution in [-0.2, 0) is 6.42 Å². The van der Waals surface area contributed by atoms with Crippen LogP contribution in [0.5, 0.6) is 5.88 Å². The zero-order valence-corrected chi connectivity index (χ0v) is 25.5. The lowest BCUT2D eigenvalue weighted by Gasteiger charge is -2.38. The normalized spacial score (nSPS) is 20.5. The van der Waals surface area contributed by atoms with E-state index >= 15 is 4.39 Å². The Morgan fingerprint density at radius 3 is 2.66 bits per heavy atom. The Labute approximate surface area is 255 Å². The van der Waals surface area contributed by atoms with Gasteiger partial charge in [-0.15, -0.1) is 0 Å². The summed E-state index contributed by atoms with van der Waals surface area (Å²) in [7, 11) is 2.11. The third-order valence-electron chi connectivity index (χ3n) is 10.1. The summed E-state index contributed by atoms with van der Waals surface area (Å²) in [5, 5.41) is 11.8. The molecule has 9 heteroatoms. The minimum absolute atomic E-state index is 0.216. The van der Waals surface area contributed by atoms with Gasteiger partial charge in [-0.1, -0.05) is 0 Å². The van der Waals surface area contributed by atoms with Gasteiger partial charge in [-0.2, -0.15) is 5.26 Å². The fourth-order valence-electron chi connectivity index (χ4n) is 7.44. The van der Waals surface area contributed by atoms with E-state index in [0.717, 1.165) is 59.8 Å². The van der Waals surface area contributed by atoms with Crippen LogP contribution in [0.25, 0.3) is 43.8 Å². The first-order chi connectivity index (χ1) is 21.3. The molecule has 5 aromatic rings. The zero-order chi connectivity index (χ0) is 30.7. The molecule has 1 saturated heterocycles. The lowest BCUT2D eigenvalue weighted by atomic mass is 9.79. The van der Waals surface area contributed by atoms with Crippen LogP contribution in [0.3, 0.4) is 0 Å². The second kappa shape index (κ2) is 11.2. The number of nitrogens with one attached hydrogen (secondary N) is 1. The average Bonchev–Trinajstić information content (AvgIpc) is 3.68. The number of fused-ring (bicyclic) bond motifs is 4. The van der Waals surface area contributed by atoms with E-state index in [2.05, 4.69) is 40.6 Å². The number of halogens is 2. The molecule has 7 rings (SSSR count). The highest BCUT2D eigenvalue weighted by molar-refractivity contribution is 6.09. The number of rotatable bonds is 8. The number of likely N-dealkylation sites (N-methyl/N-ethyl adjacent to an activating group) is 1. The zero-order valence-electron chi connectivity index (χ0n) is 25.5. The maximum Gasteiger partial charge on any atom is 0.223 e. The molecule has 1 aliphatic heterocycles. The van der Waals surface area contributed by atoms with Gasteiger partial charge in [-0.05, 0) is 107 Å². The number of nitrogens with zero attached hydrogens (tertiary/aromatic N) is 4. The molecule has 3 atom stereocenters. The molecule has 0 radical (unpaired) electrons. The van der Waals surface area contributed by atoms with Crippen molar-refractivity contribution in [1.82, 2.24) is 19.4 Å². The monoisotopic (exact) mass is 596 g/mol. The Kier molecular flexibility index (Phi) is 7.30. The van der Waals surface area contributed by atoms with Crippen molar-refractivity contribution >= 4 is 32.7 Å². The summed E-state index contributed by atoms with van der Waals surface area (Å²) in [6.07, 6.45) is 6.57. The summed E-state index contributed by atoms with van der Waals surface area (Å²) < 4.78 is 40.4. The molecule has 3 N–H and O–H groups in total. The Morgan fingerprint density at radius 2 is 1.95 bits per heavy atom. The quantitative estimate of drug-likeness (QED) is 0.200. The van der Waals surface area contributed by atoms with Gasteiger partial charge in [-0.25, -0.2) is 13.8 Å². The first-order valence-corrected chi connectivity index (χ1v) is 15.6. The van der Waals surface area contributed by atoms with Crippen LogP contribution in [0.2, 0.25) is 0 Å². The predicted octanol–water partition coefficient (Wildman–Crippen LogP) is 7.07. The van der Waals surface area contributed by atoms with Crippen LogP contribution in [0.1, 0.15) is 55.0 Å². The molecule has 2 aromatic carbocycles.